The fraction of sp³-hybridized carbons (Fsp3) is 0.310. The second-order valence-corrected chi connectivity index (χ2v) is 9.79. The first-order chi connectivity index (χ1) is 18.5. The predicted molar refractivity (Wildman–Crippen MR) is 142 cm³/mol. The maximum absolute atomic E-state index is 9.62. The van der Waals surface area contributed by atoms with Crippen LogP contribution in [0.4, 0.5) is 5.82 Å². The third-order valence-corrected chi connectivity index (χ3v) is 7.26. The van der Waals surface area contributed by atoms with Crippen LogP contribution in [0.25, 0.3) is 16.6 Å². The molecule has 3 atom stereocenters. The monoisotopic (exact) mass is 505 g/mol. The molecule has 7 heterocycles. The molecular formula is C29H27N7O2. The summed E-state index contributed by atoms with van der Waals surface area (Å²) < 4.78 is 6.84. The quantitative estimate of drug-likeness (QED) is 0.413. The molecule has 0 aromatic carbocycles. The van der Waals surface area contributed by atoms with E-state index in [0.29, 0.717) is 34.6 Å². The molecule has 9 nitrogen and oxygen atoms in total. The minimum atomic E-state index is -0.734. The second-order valence-electron chi connectivity index (χ2n) is 9.79. The molecule has 38 heavy (non-hydrogen) atoms. The van der Waals surface area contributed by atoms with E-state index in [-0.39, 0.29) is 0 Å². The summed E-state index contributed by atoms with van der Waals surface area (Å²) in [7, 11) is 1.63. The van der Waals surface area contributed by atoms with Crippen molar-refractivity contribution in [2.24, 2.45) is 0 Å². The van der Waals surface area contributed by atoms with Crippen LogP contribution in [0.3, 0.4) is 0 Å². The van der Waals surface area contributed by atoms with Crippen LogP contribution in [0.5, 0.6) is 5.88 Å². The number of aliphatic hydroxyl groups excluding tert-OH is 1. The molecular weight excluding hydrogens is 478 g/mol. The molecule has 0 amide bonds. The lowest BCUT2D eigenvalue weighted by molar-refractivity contribution is -0.00876. The topological polar surface area (TPSA) is 103 Å². The van der Waals surface area contributed by atoms with Gasteiger partial charge in [-0.3, -0.25) is 4.90 Å². The first-order valence-electron chi connectivity index (χ1n) is 12.6. The van der Waals surface area contributed by atoms with Crippen LogP contribution in [-0.4, -0.2) is 68.0 Å². The standard InChI is InChI=1S/C29H27N7O2/c1-19(37)3-4-20-9-26(29-23(11-30)14-33-36(29)16-20)22-6-7-27(31-13-22)34-17-24-10-25(18-34)35(24)15-21-5-8-28(38-2)32-12-21/h5-9,12-14,16,19,24-25,37H,10,15,17-18H2,1-2H3. The smallest absolute Gasteiger partial charge is 0.212 e. The van der Waals surface area contributed by atoms with Gasteiger partial charge >= 0.3 is 0 Å². The maximum Gasteiger partial charge on any atom is 0.212 e. The Morgan fingerprint density at radius 2 is 1.97 bits per heavy atom. The summed E-state index contributed by atoms with van der Waals surface area (Å²) in [5, 5.41) is 23.5. The van der Waals surface area contributed by atoms with Crippen molar-refractivity contribution >= 4 is 11.3 Å². The fourth-order valence-electron chi connectivity index (χ4n) is 5.38. The number of nitrogens with zero attached hydrogens (tertiary/aromatic N) is 7. The third kappa shape index (κ3) is 4.43. The molecule has 2 bridgehead atoms. The lowest BCUT2D eigenvalue weighted by atomic mass is 9.87. The van der Waals surface area contributed by atoms with Crippen LogP contribution in [0.1, 0.15) is 30.0 Å². The Morgan fingerprint density at radius 3 is 2.63 bits per heavy atom. The summed E-state index contributed by atoms with van der Waals surface area (Å²) in [5.74, 6) is 7.34. The molecule has 0 spiro atoms. The zero-order valence-corrected chi connectivity index (χ0v) is 21.2. The van der Waals surface area contributed by atoms with Gasteiger partial charge in [-0.15, -0.1) is 0 Å². The van der Waals surface area contributed by atoms with Gasteiger partial charge in [0.25, 0.3) is 0 Å². The summed E-state index contributed by atoms with van der Waals surface area (Å²) in [6.45, 7) is 4.38. The Labute approximate surface area is 220 Å². The SMILES string of the molecule is COc1ccc(CN2C3CC2CN(c2ccc(-c4cc(C#CC(C)O)cn5ncc(C#N)c45)cn2)C3)cn1. The molecule has 3 aliphatic rings. The van der Waals surface area contributed by atoms with Crippen molar-refractivity contribution in [3.8, 4) is 34.9 Å². The molecule has 3 aliphatic heterocycles. The number of hydrogen-bond acceptors (Lipinski definition) is 8. The summed E-state index contributed by atoms with van der Waals surface area (Å²) in [6, 6.07) is 13.2. The van der Waals surface area contributed by atoms with Crippen molar-refractivity contribution in [1.82, 2.24) is 24.5 Å². The van der Waals surface area contributed by atoms with E-state index in [1.165, 1.54) is 12.0 Å². The average molecular weight is 506 g/mol. The lowest BCUT2D eigenvalue weighted by Gasteiger charge is -2.56. The number of nitriles is 1. The summed E-state index contributed by atoms with van der Waals surface area (Å²) in [4.78, 5) is 14.0. The highest BCUT2D eigenvalue weighted by molar-refractivity contribution is 5.85. The molecule has 3 fully saturated rings. The Balaban J connectivity index is 1.21. The molecule has 0 saturated carbocycles. The Kier molecular flexibility index (Phi) is 6.16. The van der Waals surface area contributed by atoms with Gasteiger partial charge in [-0.2, -0.15) is 10.4 Å². The van der Waals surface area contributed by atoms with Crippen molar-refractivity contribution in [1.29, 1.82) is 5.26 Å². The first-order valence-corrected chi connectivity index (χ1v) is 12.6. The van der Waals surface area contributed by atoms with E-state index in [2.05, 4.69) is 43.9 Å². The highest BCUT2D eigenvalue weighted by Crippen LogP contribution is 2.36. The molecule has 3 unspecified atom stereocenters. The number of ether oxygens (including phenoxy) is 1. The third-order valence-electron chi connectivity index (χ3n) is 7.26. The summed E-state index contributed by atoms with van der Waals surface area (Å²) >= 11 is 0. The normalized spacial score (nSPS) is 19.3. The summed E-state index contributed by atoms with van der Waals surface area (Å²) in [6.07, 6.45) is 7.54. The number of methoxy groups -OCH3 is 1. The Hall–Kier alpha value is -4.44. The number of rotatable bonds is 5. The van der Waals surface area contributed by atoms with Crippen molar-refractivity contribution in [3.05, 3.63) is 71.8 Å². The highest BCUT2D eigenvalue weighted by Gasteiger charge is 2.44. The van der Waals surface area contributed by atoms with E-state index in [1.807, 2.05) is 36.7 Å². The molecule has 3 saturated heterocycles. The molecule has 4 aromatic heterocycles. The molecule has 4 aromatic rings. The van der Waals surface area contributed by atoms with E-state index >= 15 is 0 Å². The van der Waals surface area contributed by atoms with Crippen molar-refractivity contribution in [2.75, 3.05) is 25.1 Å². The van der Waals surface area contributed by atoms with Crippen LogP contribution < -0.4 is 9.64 Å². The number of fused-ring (bicyclic) bond motifs is 3. The Bertz CT molecular complexity index is 1560. The van der Waals surface area contributed by atoms with E-state index in [4.69, 9.17) is 9.72 Å². The number of hydrogen-bond donors (Lipinski definition) is 1. The van der Waals surface area contributed by atoms with Crippen molar-refractivity contribution in [3.63, 3.8) is 0 Å². The molecule has 9 heteroatoms. The van der Waals surface area contributed by atoms with Gasteiger partial charge in [0.05, 0.1) is 24.4 Å². The number of piperidine rings is 1. The molecule has 0 aliphatic carbocycles. The number of aromatic nitrogens is 4. The second kappa shape index (κ2) is 9.79. The number of anilines is 1. The minimum Gasteiger partial charge on any atom is -0.481 e. The van der Waals surface area contributed by atoms with Gasteiger partial charge < -0.3 is 14.7 Å². The van der Waals surface area contributed by atoms with Gasteiger partial charge in [0.1, 0.15) is 18.0 Å². The fourth-order valence-corrected chi connectivity index (χ4v) is 5.38. The zero-order valence-electron chi connectivity index (χ0n) is 21.2. The van der Waals surface area contributed by atoms with Gasteiger partial charge in [0.2, 0.25) is 5.88 Å². The summed E-state index contributed by atoms with van der Waals surface area (Å²) in [5.41, 5.74) is 4.81. The van der Waals surface area contributed by atoms with E-state index < -0.39 is 6.10 Å². The van der Waals surface area contributed by atoms with Crippen LogP contribution in [-0.2, 0) is 6.54 Å². The van der Waals surface area contributed by atoms with Crippen LogP contribution in [0.15, 0.2) is 55.1 Å². The maximum atomic E-state index is 9.62. The van der Waals surface area contributed by atoms with E-state index in [1.54, 1.807) is 30.9 Å². The average Bonchev–Trinajstić information content (AvgIpc) is 3.38. The zero-order chi connectivity index (χ0) is 26.2. The molecule has 190 valence electrons. The van der Waals surface area contributed by atoms with Crippen LogP contribution in [0, 0.1) is 23.2 Å². The van der Waals surface area contributed by atoms with Crippen molar-refractivity contribution in [2.45, 2.75) is 38.1 Å². The predicted octanol–water partition coefficient (Wildman–Crippen LogP) is 2.87. The van der Waals surface area contributed by atoms with E-state index in [0.717, 1.165) is 36.6 Å². The van der Waals surface area contributed by atoms with Crippen LogP contribution >= 0.6 is 0 Å². The van der Waals surface area contributed by atoms with E-state index in [9.17, 15) is 10.4 Å². The number of piperazine rings is 1. The molecule has 1 N–H and O–H groups in total. The van der Waals surface area contributed by atoms with Crippen LogP contribution in [0.2, 0.25) is 0 Å². The van der Waals surface area contributed by atoms with Gasteiger partial charge in [-0.1, -0.05) is 17.9 Å². The minimum absolute atomic E-state index is 0.488. The largest absolute Gasteiger partial charge is 0.481 e. The highest BCUT2D eigenvalue weighted by atomic mass is 16.5. The van der Waals surface area contributed by atoms with Gasteiger partial charge in [0, 0.05) is 73.1 Å². The van der Waals surface area contributed by atoms with Crippen molar-refractivity contribution < 1.29 is 9.84 Å². The van der Waals surface area contributed by atoms with Gasteiger partial charge in [-0.05, 0) is 37.1 Å². The van der Waals surface area contributed by atoms with Gasteiger partial charge in [-0.25, -0.2) is 14.5 Å². The first kappa shape index (κ1) is 23.9. The Morgan fingerprint density at radius 1 is 1.13 bits per heavy atom. The molecule has 7 rings (SSSR count). The van der Waals surface area contributed by atoms with Gasteiger partial charge in [0.15, 0.2) is 0 Å². The number of pyridine rings is 3. The number of aliphatic hydroxyl groups is 1. The molecule has 0 radical (unpaired) electrons. The lowest BCUT2D eigenvalue weighted by Crippen LogP contribution is -2.68.